The van der Waals surface area contributed by atoms with Crippen molar-refractivity contribution in [2.75, 3.05) is 0 Å². The molecule has 0 radical (unpaired) electrons. The molecule has 0 unspecified atom stereocenters. The van der Waals surface area contributed by atoms with E-state index in [-0.39, 0.29) is 12.1 Å². The van der Waals surface area contributed by atoms with Gasteiger partial charge in [0, 0.05) is 20.4 Å². The van der Waals surface area contributed by atoms with E-state index >= 15 is 0 Å². The van der Waals surface area contributed by atoms with E-state index in [9.17, 15) is 0 Å². The second kappa shape index (κ2) is 6.84. The molecule has 1 heterocycles. The molecule has 1 nitrogen and oxygen atoms in total. The fraction of sp³-hybridized carbons (Fsp3) is 0.292. The van der Waals surface area contributed by atoms with Crippen LogP contribution < -0.4 is 4.57 Å². The van der Waals surface area contributed by atoms with Crippen LogP contribution >= 0.6 is 0 Å². The molecule has 3 aromatic rings. The number of aryl methyl sites for hydroxylation is 2. The largest absolute Gasteiger partial charge is 0.213 e. The molecule has 0 N–H and O–H groups in total. The Bertz CT molecular complexity index is 1040. The zero-order valence-corrected chi connectivity index (χ0v) is 15.6. The average molecular weight is 335 g/mol. The number of nitrogens with zero attached hydrogens (tertiary/aromatic N) is 1. The number of hydrogen-bond acceptors (Lipinski definition) is 0. The van der Waals surface area contributed by atoms with Crippen molar-refractivity contribution >= 4 is 0 Å². The summed E-state index contributed by atoms with van der Waals surface area (Å²) in [4.78, 5) is 0. The summed E-state index contributed by atoms with van der Waals surface area (Å²) in [7, 11) is 1.98. The van der Waals surface area contributed by atoms with E-state index in [1.165, 1.54) is 0 Å². The summed E-state index contributed by atoms with van der Waals surface area (Å²) in [6.45, 7) is 7.57. The number of aromatic nitrogens is 1. The lowest BCUT2D eigenvalue weighted by atomic mass is 9.87. The van der Waals surface area contributed by atoms with Gasteiger partial charge in [0.1, 0.15) is 7.05 Å². The molecule has 0 amide bonds. The van der Waals surface area contributed by atoms with Crippen molar-refractivity contribution in [2.24, 2.45) is 12.5 Å². The van der Waals surface area contributed by atoms with Gasteiger partial charge < -0.3 is 0 Å². The maximum absolute atomic E-state index is 8.55. The van der Waals surface area contributed by atoms with E-state index in [1.807, 2.05) is 62.8 Å². The second-order valence-electron chi connectivity index (χ2n) is 7.51. The van der Waals surface area contributed by atoms with Gasteiger partial charge in [0.2, 0.25) is 5.69 Å². The van der Waals surface area contributed by atoms with Crippen LogP contribution in [0.25, 0.3) is 22.4 Å². The Labute approximate surface area is 157 Å². The minimum Gasteiger partial charge on any atom is -0.201 e. The van der Waals surface area contributed by atoms with Crippen molar-refractivity contribution in [1.82, 2.24) is 0 Å². The van der Waals surface area contributed by atoms with E-state index in [4.69, 9.17) is 5.48 Å². The summed E-state index contributed by atoms with van der Waals surface area (Å²) in [5.74, 6) is 0. The zero-order chi connectivity index (χ0) is 21.6. The Morgan fingerprint density at radius 1 is 1.00 bits per heavy atom. The van der Waals surface area contributed by atoms with Crippen LogP contribution in [-0.2, 0) is 13.4 Å². The molecule has 2 aromatic carbocycles. The molecule has 25 heavy (non-hydrogen) atoms. The second-order valence-corrected chi connectivity index (χ2v) is 7.51. The first-order valence-electron chi connectivity index (χ1n) is 10.6. The van der Waals surface area contributed by atoms with E-state index < -0.39 is 11.8 Å². The lowest BCUT2D eigenvalue weighted by Gasteiger charge is -2.18. The van der Waals surface area contributed by atoms with Crippen LogP contribution in [0.5, 0.6) is 0 Å². The highest BCUT2D eigenvalue weighted by molar-refractivity contribution is 5.70. The Kier molecular flexibility index (Phi) is 3.52. The van der Waals surface area contributed by atoms with Gasteiger partial charge in [0.15, 0.2) is 6.20 Å². The molecule has 1 aromatic heterocycles. The molecule has 3 rings (SSSR count). The molecule has 0 saturated carbocycles. The third-order valence-electron chi connectivity index (χ3n) is 4.12. The van der Waals surface area contributed by atoms with Gasteiger partial charge in [-0.1, -0.05) is 63.2 Å². The standard InChI is InChI=1S/C24H28N/c1-18-8-6-7-9-22(18)23-16-21(14-15-25(23)5)20-12-10-19(11-13-20)17-24(2,3)4/h6-16H,17H2,1-5H3/q+1/i12D,13D,17D2. The Hall–Kier alpha value is -2.41. The van der Waals surface area contributed by atoms with Gasteiger partial charge in [-0.25, -0.2) is 4.57 Å². The summed E-state index contributed by atoms with van der Waals surface area (Å²) < 4.78 is 36.1. The van der Waals surface area contributed by atoms with Crippen LogP contribution in [0.3, 0.4) is 0 Å². The third kappa shape index (κ3) is 4.17. The summed E-state index contributed by atoms with van der Waals surface area (Å²) in [6.07, 6.45) is 0.310. The summed E-state index contributed by atoms with van der Waals surface area (Å²) >= 11 is 0. The summed E-state index contributed by atoms with van der Waals surface area (Å²) in [5.41, 5.74) is 4.33. The van der Waals surface area contributed by atoms with Crippen LogP contribution in [0.4, 0.5) is 0 Å². The third-order valence-corrected chi connectivity index (χ3v) is 4.12. The van der Waals surface area contributed by atoms with Crippen molar-refractivity contribution < 1.29 is 10.1 Å². The van der Waals surface area contributed by atoms with Crippen LogP contribution in [0.15, 0.2) is 66.8 Å². The number of hydrogen-bond donors (Lipinski definition) is 0. The quantitative estimate of drug-likeness (QED) is 0.538. The summed E-state index contributed by atoms with van der Waals surface area (Å²) in [5, 5.41) is 0. The maximum Gasteiger partial charge on any atom is 0.213 e. The molecule has 0 aliphatic carbocycles. The highest BCUT2D eigenvalue weighted by Crippen LogP contribution is 2.27. The zero-order valence-electron chi connectivity index (χ0n) is 19.6. The van der Waals surface area contributed by atoms with Crippen molar-refractivity contribution in [3.8, 4) is 22.4 Å². The number of benzene rings is 2. The molecule has 0 aliphatic heterocycles. The van der Waals surface area contributed by atoms with Crippen LogP contribution in [0.2, 0.25) is 0 Å². The Balaban J connectivity index is 2.16. The van der Waals surface area contributed by atoms with Crippen molar-refractivity contribution in [1.29, 1.82) is 0 Å². The number of pyridine rings is 1. The van der Waals surface area contributed by atoms with E-state index in [0.717, 1.165) is 22.4 Å². The first kappa shape index (κ1) is 12.9. The SMILES string of the molecule is [2H]c1cc(C([2H])([2H])C(C)(C)C)cc([2H])c1-c1cc[n+](C)c(-c2ccccc2C)c1. The molecule has 0 saturated heterocycles. The Morgan fingerprint density at radius 2 is 1.68 bits per heavy atom. The van der Waals surface area contributed by atoms with Crippen molar-refractivity contribution in [3.05, 3.63) is 77.9 Å². The van der Waals surface area contributed by atoms with E-state index in [0.29, 0.717) is 11.1 Å². The maximum atomic E-state index is 8.55. The first-order valence-corrected chi connectivity index (χ1v) is 8.61. The molecule has 0 aliphatic rings. The van der Waals surface area contributed by atoms with Gasteiger partial charge in [-0.05, 0) is 47.0 Å². The molecule has 0 spiro atoms. The number of rotatable bonds is 3. The topological polar surface area (TPSA) is 3.88 Å². The smallest absolute Gasteiger partial charge is 0.201 e. The van der Waals surface area contributed by atoms with Crippen LogP contribution in [-0.4, -0.2) is 0 Å². The molecule has 128 valence electrons. The fourth-order valence-corrected chi connectivity index (χ4v) is 2.91. The van der Waals surface area contributed by atoms with Gasteiger partial charge >= 0.3 is 0 Å². The van der Waals surface area contributed by atoms with E-state index in [2.05, 4.69) is 19.1 Å². The van der Waals surface area contributed by atoms with Gasteiger partial charge in [0.05, 0.1) is 2.74 Å². The van der Waals surface area contributed by atoms with Gasteiger partial charge in [-0.3, -0.25) is 0 Å². The lowest BCUT2D eigenvalue weighted by molar-refractivity contribution is -0.660. The van der Waals surface area contributed by atoms with Crippen LogP contribution in [0, 0.1) is 12.3 Å². The molecule has 0 bridgehead atoms. The van der Waals surface area contributed by atoms with Crippen molar-refractivity contribution in [3.63, 3.8) is 0 Å². The highest BCUT2D eigenvalue weighted by Gasteiger charge is 2.14. The molecular weight excluding hydrogens is 302 g/mol. The van der Waals surface area contributed by atoms with Gasteiger partial charge in [-0.2, -0.15) is 0 Å². The normalized spacial score (nSPS) is 14.4. The fourth-order valence-electron chi connectivity index (χ4n) is 2.91. The van der Waals surface area contributed by atoms with Crippen LogP contribution in [0.1, 0.15) is 37.4 Å². The lowest BCUT2D eigenvalue weighted by Crippen LogP contribution is -2.30. The van der Waals surface area contributed by atoms with Gasteiger partial charge in [0.25, 0.3) is 0 Å². The molecule has 0 fully saturated rings. The highest BCUT2D eigenvalue weighted by atomic mass is 14.9. The predicted octanol–water partition coefficient (Wildman–Crippen LogP) is 5.74. The van der Waals surface area contributed by atoms with E-state index in [1.54, 1.807) is 12.1 Å². The summed E-state index contributed by atoms with van der Waals surface area (Å²) in [6, 6.07) is 15.5. The van der Waals surface area contributed by atoms with Crippen molar-refractivity contribution in [2.45, 2.75) is 34.1 Å². The predicted molar refractivity (Wildman–Crippen MR) is 106 cm³/mol. The van der Waals surface area contributed by atoms with Gasteiger partial charge in [-0.15, -0.1) is 0 Å². The molecule has 0 atom stereocenters. The molecular formula is C24H28N+. The Morgan fingerprint density at radius 3 is 2.32 bits per heavy atom. The first-order chi connectivity index (χ1) is 13.4. The minimum atomic E-state index is -1.63. The minimum absolute atomic E-state index is 0.171. The average Bonchev–Trinajstić information content (AvgIpc) is 2.62. The monoisotopic (exact) mass is 334 g/mol. The molecule has 1 heteroatoms.